The van der Waals surface area contributed by atoms with Gasteiger partial charge in [0.25, 0.3) is 0 Å². The summed E-state index contributed by atoms with van der Waals surface area (Å²) in [5.41, 5.74) is 8.64. The van der Waals surface area contributed by atoms with Crippen LogP contribution in [0.15, 0.2) is 36.7 Å². The van der Waals surface area contributed by atoms with Crippen LogP contribution in [0.5, 0.6) is 0 Å². The highest BCUT2D eigenvalue weighted by Gasteiger charge is 2.05. The summed E-state index contributed by atoms with van der Waals surface area (Å²) in [6.45, 7) is 0.485. The van der Waals surface area contributed by atoms with Crippen LogP contribution < -0.4 is 10.6 Å². The molecule has 2 rings (SSSR count). The zero-order chi connectivity index (χ0) is 12.3. The number of aromatic nitrogens is 2. The van der Waals surface area contributed by atoms with E-state index in [1.807, 2.05) is 49.5 Å². The standard InChI is InChI=1S/C13H16N4/c1-17(2)12-6-5-11(9-16-12)13-10(8-14)4-3-7-15-13/h3-7,9H,8,14H2,1-2H3. The van der Waals surface area contributed by atoms with Crippen LogP contribution >= 0.6 is 0 Å². The molecule has 0 radical (unpaired) electrons. The van der Waals surface area contributed by atoms with Gasteiger partial charge in [0.2, 0.25) is 0 Å². The summed E-state index contributed by atoms with van der Waals surface area (Å²) >= 11 is 0. The molecule has 17 heavy (non-hydrogen) atoms. The van der Waals surface area contributed by atoms with Crippen LogP contribution in [0.4, 0.5) is 5.82 Å². The van der Waals surface area contributed by atoms with Gasteiger partial charge in [-0.15, -0.1) is 0 Å². The summed E-state index contributed by atoms with van der Waals surface area (Å²) < 4.78 is 0. The molecule has 0 bridgehead atoms. The lowest BCUT2D eigenvalue weighted by atomic mass is 10.1. The molecule has 0 saturated carbocycles. The van der Waals surface area contributed by atoms with Gasteiger partial charge in [0.1, 0.15) is 5.82 Å². The molecule has 0 saturated heterocycles. The van der Waals surface area contributed by atoms with Crippen LogP contribution in [-0.4, -0.2) is 24.1 Å². The minimum atomic E-state index is 0.485. The van der Waals surface area contributed by atoms with E-state index in [-0.39, 0.29) is 0 Å². The van der Waals surface area contributed by atoms with Crippen LogP contribution in [-0.2, 0) is 6.54 Å². The molecule has 0 aromatic carbocycles. The molecule has 4 nitrogen and oxygen atoms in total. The summed E-state index contributed by atoms with van der Waals surface area (Å²) in [6, 6.07) is 7.88. The maximum atomic E-state index is 5.70. The Morgan fingerprint density at radius 1 is 1.18 bits per heavy atom. The van der Waals surface area contributed by atoms with Gasteiger partial charge in [0.05, 0.1) is 5.69 Å². The van der Waals surface area contributed by atoms with E-state index in [1.165, 1.54) is 0 Å². The van der Waals surface area contributed by atoms with Crippen LogP contribution in [0, 0.1) is 0 Å². The van der Waals surface area contributed by atoms with Crippen molar-refractivity contribution in [1.29, 1.82) is 0 Å². The van der Waals surface area contributed by atoms with Crippen molar-refractivity contribution in [3.05, 3.63) is 42.2 Å². The van der Waals surface area contributed by atoms with Gasteiger partial charge in [-0.3, -0.25) is 4.98 Å². The lowest BCUT2D eigenvalue weighted by Gasteiger charge is -2.12. The Labute approximate surface area is 101 Å². The highest BCUT2D eigenvalue weighted by Crippen LogP contribution is 2.21. The number of nitrogens with zero attached hydrogens (tertiary/aromatic N) is 3. The molecular formula is C13H16N4. The number of rotatable bonds is 3. The lowest BCUT2D eigenvalue weighted by molar-refractivity contribution is 1.04. The summed E-state index contributed by atoms with van der Waals surface area (Å²) in [5, 5.41) is 0. The average molecular weight is 228 g/mol. The average Bonchev–Trinajstić information content (AvgIpc) is 2.39. The van der Waals surface area contributed by atoms with E-state index >= 15 is 0 Å². The number of anilines is 1. The smallest absolute Gasteiger partial charge is 0.127 e. The van der Waals surface area contributed by atoms with Gasteiger partial charge in [0, 0.05) is 38.6 Å². The van der Waals surface area contributed by atoms with Crippen molar-refractivity contribution < 1.29 is 0 Å². The minimum absolute atomic E-state index is 0.485. The molecular weight excluding hydrogens is 212 g/mol. The maximum absolute atomic E-state index is 5.70. The number of hydrogen-bond acceptors (Lipinski definition) is 4. The van der Waals surface area contributed by atoms with Gasteiger partial charge in [-0.2, -0.15) is 0 Å². The normalized spacial score (nSPS) is 10.3. The van der Waals surface area contributed by atoms with Crippen LogP contribution in [0.25, 0.3) is 11.3 Å². The first-order valence-electron chi connectivity index (χ1n) is 5.50. The van der Waals surface area contributed by atoms with E-state index in [0.29, 0.717) is 6.54 Å². The molecule has 0 aliphatic heterocycles. The molecule has 0 atom stereocenters. The second-order valence-electron chi connectivity index (χ2n) is 4.01. The van der Waals surface area contributed by atoms with Crippen molar-refractivity contribution in [2.45, 2.75) is 6.54 Å². The minimum Gasteiger partial charge on any atom is -0.363 e. The molecule has 88 valence electrons. The summed E-state index contributed by atoms with van der Waals surface area (Å²) in [5.74, 6) is 0.930. The molecule has 0 spiro atoms. The van der Waals surface area contributed by atoms with E-state index < -0.39 is 0 Å². The fourth-order valence-electron chi connectivity index (χ4n) is 1.65. The Morgan fingerprint density at radius 3 is 2.59 bits per heavy atom. The zero-order valence-corrected chi connectivity index (χ0v) is 10.1. The molecule has 0 amide bonds. The Kier molecular flexibility index (Phi) is 3.35. The van der Waals surface area contributed by atoms with E-state index in [0.717, 1.165) is 22.6 Å². The molecule has 2 N–H and O–H groups in total. The van der Waals surface area contributed by atoms with Crippen LogP contribution in [0.2, 0.25) is 0 Å². The predicted octanol–water partition coefficient (Wildman–Crippen LogP) is 1.67. The largest absolute Gasteiger partial charge is 0.363 e. The first-order valence-corrected chi connectivity index (χ1v) is 5.50. The Morgan fingerprint density at radius 2 is 2.00 bits per heavy atom. The van der Waals surface area contributed by atoms with Crippen LogP contribution in [0.3, 0.4) is 0 Å². The molecule has 4 heteroatoms. The molecule has 2 aromatic rings. The SMILES string of the molecule is CN(C)c1ccc(-c2ncccc2CN)cn1. The molecule has 0 unspecified atom stereocenters. The molecule has 2 aromatic heterocycles. The number of nitrogens with two attached hydrogens (primary N) is 1. The Hall–Kier alpha value is -1.94. The van der Waals surface area contributed by atoms with Crippen molar-refractivity contribution in [2.75, 3.05) is 19.0 Å². The van der Waals surface area contributed by atoms with Gasteiger partial charge in [-0.1, -0.05) is 6.07 Å². The molecule has 0 aliphatic rings. The van der Waals surface area contributed by atoms with Crippen molar-refractivity contribution >= 4 is 5.82 Å². The molecule has 2 heterocycles. The molecule has 0 fully saturated rings. The fourth-order valence-corrected chi connectivity index (χ4v) is 1.65. The Balaban J connectivity index is 2.40. The maximum Gasteiger partial charge on any atom is 0.127 e. The second kappa shape index (κ2) is 4.93. The van der Waals surface area contributed by atoms with Crippen molar-refractivity contribution in [2.24, 2.45) is 5.73 Å². The van der Waals surface area contributed by atoms with Crippen molar-refractivity contribution in [3.8, 4) is 11.3 Å². The highest BCUT2D eigenvalue weighted by molar-refractivity contribution is 5.63. The summed E-state index contributed by atoms with van der Waals surface area (Å²) in [6.07, 6.45) is 3.60. The van der Waals surface area contributed by atoms with E-state index in [1.54, 1.807) is 6.20 Å². The first-order chi connectivity index (χ1) is 8.22. The predicted molar refractivity (Wildman–Crippen MR) is 69.7 cm³/mol. The van der Waals surface area contributed by atoms with Gasteiger partial charge >= 0.3 is 0 Å². The third-order valence-corrected chi connectivity index (χ3v) is 2.59. The van der Waals surface area contributed by atoms with Gasteiger partial charge < -0.3 is 10.6 Å². The van der Waals surface area contributed by atoms with Crippen molar-refractivity contribution in [1.82, 2.24) is 9.97 Å². The lowest BCUT2D eigenvalue weighted by Crippen LogP contribution is -2.10. The van der Waals surface area contributed by atoms with Crippen molar-refractivity contribution in [3.63, 3.8) is 0 Å². The summed E-state index contributed by atoms with van der Waals surface area (Å²) in [7, 11) is 3.93. The topological polar surface area (TPSA) is 55.0 Å². The third kappa shape index (κ3) is 2.42. The Bertz CT molecular complexity index is 491. The monoisotopic (exact) mass is 228 g/mol. The van der Waals surface area contributed by atoms with Gasteiger partial charge in [-0.05, 0) is 23.8 Å². The number of pyridine rings is 2. The first kappa shape index (κ1) is 11.5. The second-order valence-corrected chi connectivity index (χ2v) is 4.01. The third-order valence-electron chi connectivity index (χ3n) is 2.59. The van der Waals surface area contributed by atoms with Gasteiger partial charge in [-0.25, -0.2) is 4.98 Å². The fraction of sp³-hybridized carbons (Fsp3) is 0.231. The van der Waals surface area contributed by atoms with E-state index in [9.17, 15) is 0 Å². The number of hydrogen-bond donors (Lipinski definition) is 1. The highest BCUT2D eigenvalue weighted by atomic mass is 15.1. The van der Waals surface area contributed by atoms with Crippen LogP contribution in [0.1, 0.15) is 5.56 Å². The quantitative estimate of drug-likeness (QED) is 0.868. The van der Waals surface area contributed by atoms with E-state index in [2.05, 4.69) is 9.97 Å². The van der Waals surface area contributed by atoms with Gasteiger partial charge in [0.15, 0.2) is 0 Å². The van der Waals surface area contributed by atoms with E-state index in [4.69, 9.17) is 5.73 Å². The molecule has 0 aliphatic carbocycles. The summed E-state index contributed by atoms with van der Waals surface area (Å²) in [4.78, 5) is 10.7. The zero-order valence-electron chi connectivity index (χ0n) is 10.1.